The average Bonchev–Trinajstić information content (AvgIpc) is 3.02. The van der Waals surface area contributed by atoms with Gasteiger partial charge in [0.1, 0.15) is 5.75 Å². The summed E-state index contributed by atoms with van der Waals surface area (Å²) in [6.45, 7) is 1.68. The molecule has 1 heterocycles. The van der Waals surface area contributed by atoms with E-state index in [1.54, 1.807) is 7.11 Å². The van der Waals surface area contributed by atoms with E-state index >= 15 is 0 Å². The first-order valence-electron chi connectivity index (χ1n) is 9.17. The zero-order valence-electron chi connectivity index (χ0n) is 15.3. The van der Waals surface area contributed by atoms with Gasteiger partial charge in [-0.2, -0.15) is 0 Å². The first-order chi connectivity index (χ1) is 12.6. The highest BCUT2D eigenvalue weighted by molar-refractivity contribution is 7.91. The Labute approximate surface area is 156 Å². The molecule has 0 bridgehead atoms. The Morgan fingerprint density at radius 1 is 1.04 bits per heavy atom. The number of ether oxygens (including phenoxy) is 1. The van der Waals surface area contributed by atoms with Crippen LogP contribution in [-0.4, -0.2) is 44.5 Å². The fourth-order valence-electron chi connectivity index (χ4n) is 3.55. The smallest absolute Gasteiger partial charge is 0.151 e. The molecule has 0 aromatic heterocycles. The Balaban J connectivity index is 1.64. The van der Waals surface area contributed by atoms with Gasteiger partial charge in [-0.05, 0) is 49.1 Å². The van der Waals surface area contributed by atoms with E-state index in [0.717, 1.165) is 38.1 Å². The summed E-state index contributed by atoms with van der Waals surface area (Å²) in [4.78, 5) is 2.34. The van der Waals surface area contributed by atoms with Crippen LogP contribution < -0.4 is 4.74 Å². The van der Waals surface area contributed by atoms with Gasteiger partial charge in [0.2, 0.25) is 0 Å². The van der Waals surface area contributed by atoms with Crippen LogP contribution in [0.5, 0.6) is 5.75 Å². The van der Waals surface area contributed by atoms with Crippen molar-refractivity contribution in [3.8, 4) is 5.75 Å². The van der Waals surface area contributed by atoms with Crippen LogP contribution in [0.1, 0.15) is 24.0 Å². The number of hydrogen-bond donors (Lipinski definition) is 0. The number of sulfone groups is 1. The molecule has 0 radical (unpaired) electrons. The Morgan fingerprint density at radius 2 is 1.77 bits per heavy atom. The molecule has 1 aliphatic heterocycles. The quantitative estimate of drug-likeness (QED) is 0.712. The summed E-state index contributed by atoms with van der Waals surface area (Å²) in [6, 6.07) is 18.6. The summed E-state index contributed by atoms with van der Waals surface area (Å²) in [5.41, 5.74) is 2.52. The van der Waals surface area contributed by atoms with Crippen molar-refractivity contribution < 1.29 is 13.2 Å². The summed E-state index contributed by atoms with van der Waals surface area (Å²) in [5, 5.41) is 0. The Hall–Kier alpha value is -1.85. The molecule has 2 aromatic carbocycles. The van der Waals surface area contributed by atoms with E-state index in [0.29, 0.717) is 5.75 Å². The summed E-state index contributed by atoms with van der Waals surface area (Å²) < 4.78 is 29.1. The van der Waals surface area contributed by atoms with Crippen LogP contribution in [0.15, 0.2) is 54.6 Å². The van der Waals surface area contributed by atoms with Crippen LogP contribution in [0.25, 0.3) is 0 Å². The lowest BCUT2D eigenvalue weighted by atomic mass is 10.1. The molecule has 0 amide bonds. The normalized spacial score (nSPS) is 18.9. The van der Waals surface area contributed by atoms with Crippen molar-refractivity contribution in [1.29, 1.82) is 0 Å². The van der Waals surface area contributed by atoms with E-state index in [1.807, 2.05) is 18.2 Å². The average molecular weight is 374 g/mol. The molecule has 5 heteroatoms. The summed E-state index contributed by atoms with van der Waals surface area (Å²) in [7, 11) is -1.22. The van der Waals surface area contributed by atoms with Gasteiger partial charge in [0.25, 0.3) is 0 Å². The summed E-state index contributed by atoms with van der Waals surface area (Å²) in [5.74, 6) is 1.44. The number of hydrogen-bond acceptors (Lipinski definition) is 4. The molecule has 1 saturated heterocycles. The van der Waals surface area contributed by atoms with Crippen molar-refractivity contribution in [2.45, 2.75) is 31.8 Å². The second kappa shape index (κ2) is 8.69. The minimum absolute atomic E-state index is 0.123. The molecule has 1 atom stereocenters. The highest BCUT2D eigenvalue weighted by Crippen LogP contribution is 2.22. The van der Waals surface area contributed by atoms with Gasteiger partial charge < -0.3 is 4.74 Å². The van der Waals surface area contributed by atoms with Gasteiger partial charge in [-0.15, -0.1) is 0 Å². The van der Waals surface area contributed by atoms with Crippen LogP contribution in [0.4, 0.5) is 0 Å². The van der Waals surface area contributed by atoms with Gasteiger partial charge in [0, 0.05) is 12.6 Å². The maximum Gasteiger partial charge on any atom is 0.151 e. The minimum atomic E-state index is -2.88. The van der Waals surface area contributed by atoms with E-state index in [1.165, 1.54) is 11.1 Å². The molecule has 1 unspecified atom stereocenters. The second-order valence-electron chi connectivity index (χ2n) is 6.96. The zero-order chi connectivity index (χ0) is 18.4. The lowest BCUT2D eigenvalue weighted by molar-refractivity contribution is 0.201. The largest absolute Gasteiger partial charge is 0.497 e. The fraction of sp³-hybridized carbons (Fsp3) is 0.429. The second-order valence-corrected chi connectivity index (χ2v) is 9.19. The highest BCUT2D eigenvalue weighted by Gasteiger charge is 2.32. The molecule has 26 heavy (non-hydrogen) atoms. The molecule has 1 aliphatic rings. The third-order valence-corrected chi connectivity index (χ3v) is 6.77. The standard InChI is InChI=1S/C21H27NO3S/c1-25-21-11-9-19(10-12-21)16-22(20-13-15-26(23,24)17-20)14-5-8-18-6-3-2-4-7-18/h2-4,6-7,9-12,20H,5,8,13-17H2,1H3. The molecule has 0 N–H and O–H groups in total. The Morgan fingerprint density at radius 3 is 2.38 bits per heavy atom. The molecular formula is C21H27NO3S. The van der Waals surface area contributed by atoms with Crippen molar-refractivity contribution in [2.75, 3.05) is 25.2 Å². The summed E-state index contributed by atoms with van der Waals surface area (Å²) in [6.07, 6.45) is 2.78. The van der Waals surface area contributed by atoms with E-state index in [-0.39, 0.29) is 11.8 Å². The third kappa shape index (κ3) is 5.32. The molecule has 140 valence electrons. The Bertz CT molecular complexity index is 788. The summed E-state index contributed by atoms with van der Waals surface area (Å²) >= 11 is 0. The molecule has 1 fully saturated rings. The Kier molecular flexibility index (Phi) is 6.33. The third-order valence-electron chi connectivity index (χ3n) is 5.02. The molecule has 0 spiro atoms. The number of rotatable bonds is 8. The molecule has 3 rings (SSSR count). The number of benzene rings is 2. The lowest BCUT2D eigenvalue weighted by Crippen LogP contribution is -2.36. The van der Waals surface area contributed by atoms with Gasteiger partial charge in [-0.3, -0.25) is 4.90 Å². The SMILES string of the molecule is COc1ccc(CN(CCCc2ccccc2)C2CCS(=O)(=O)C2)cc1. The first-order valence-corrected chi connectivity index (χ1v) is 11.0. The van der Waals surface area contributed by atoms with Crippen LogP contribution >= 0.6 is 0 Å². The molecule has 0 aliphatic carbocycles. The number of aryl methyl sites for hydroxylation is 1. The van der Waals surface area contributed by atoms with Crippen LogP contribution in [0.2, 0.25) is 0 Å². The van der Waals surface area contributed by atoms with Crippen LogP contribution in [-0.2, 0) is 22.8 Å². The number of methoxy groups -OCH3 is 1. The highest BCUT2D eigenvalue weighted by atomic mass is 32.2. The maximum absolute atomic E-state index is 11.9. The maximum atomic E-state index is 11.9. The van der Waals surface area contributed by atoms with Crippen molar-refractivity contribution in [2.24, 2.45) is 0 Å². The van der Waals surface area contributed by atoms with Crippen molar-refractivity contribution in [1.82, 2.24) is 4.90 Å². The molecule has 2 aromatic rings. The molecule has 0 saturated carbocycles. The van der Waals surface area contributed by atoms with Gasteiger partial charge in [0.05, 0.1) is 18.6 Å². The van der Waals surface area contributed by atoms with E-state index in [4.69, 9.17) is 4.74 Å². The van der Waals surface area contributed by atoms with Gasteiger partial charge >= 0.3 is 0 Å². The fourth-order valence-corrected chi connectivity index (χ4v) is 5.31. The van der Waals surface area contributed by atoms with E-state index < -0.39 is 9.84 Å². The van der Waals surface area contributed by atoms with Crippen molar-refractivity contribution >= 4 is 9.84 Å². The monoisotopic (exact) mass is 373 g/mol. The van der Waals surface area contributed by atoms with Crippen LogP contribution in [0.3, 0.4) is 0 Å². The number of nitrogens with zero attached hydrogens (tertiary/aromatic N) is 1. The predicted octanol–water partition coefficient (Wildman–Crippen LogP) is 3.32. The molecular weight excluding hydrogens is 346 g/mol. The van der Waals surface area contributed by atoms with Gasteiger partial charge in [0.15, 0.2) is 9.84 Å². The van der Waals surface area contributed by atoms with Gasteiger partial charge in [-0.25, -0.2) is 8.42 Å². The molecule has 4 nitrogen and oxygen atoms in total. The van der Waals surface area contributed by atoms with Crippen molar-refractivity contribution in [3.63, 3.8) is 0 Å². The van der Waals surface area contributed by atoms with Gasteiger partial charge in [-0.1, -0.05) is 42.5 Å². The first kappa shape index (κ1) is 18.9. The zero-order valence-corrected chi connectivity index (χ0v) is 16.1. The topological polar surface area (TPSA) is 46.6 Å². The minimum Gasteiger partial charge on any atom is -0.497 e. The van der Waals surface area contributed by atoms with Crippen molar-refractivity contribution in [3.05, 3.63) is 65.7 Å². The van der Waals surface area contributed by atoms with E-state index in [9.17, 15) is 8.42 Å². The lowest BCUT2D eigenvalue weighted by Gasteiger charge is -2.28. The van der Waals surface area contributed by atoms with Crippen LogP contribution in [0, 0.1) is 0 Å². The van der Waals surface area contributed by atoms with E-state index in [2.05, 4.69) is 41.3 Å². The predicted molar refractivity (Wildman–Crippen MR) is 105 cm³/mol.